The van der Waals surface area contributed by atoms with Crippen molar-refractivity contribution in [1.82, 2.24) is 19.7 Å². The van der Waals surface area contributed by atoms with Gasteiger partial charge in [0, 0.05) is 37.7 Å². The Balaban J connectivity index is 1.79. The molecule has 0 aliphatic carbocycles. The number of aromatic nitrogens is 3. The van der Waals surface area contributed by atoms with E-state index in [1.54, 1.807) is 23.1 Å². The number of pyridine rings is 1. The number of carbonyl (C=O) groups excluding carboxylic acids is 1. The minimum absolute atomic E-state index is 0.0284. The summed E-state index contributed by atoms with van der Waals surface area (Å²) in [6.45, 7) is 3.50. The van der Waals surface area contributed by atoms with E-state index < -0.39 is 0 Å². The van der Waals surface area contributed by atoms with Crippen LogP contribution in [0, 0.1) is 5.92 Å². The molecule has 116 valence electrons. The first kappa shape index (κ1) is 14.7. The predicted molar refractivity (Wildman–Crippen MR) is 83.6 cm³/mol. The lowest BCUT2D eigenvalue weighted by atomic mass is 9.92. The van der Waals surface area contributed by atoms with Crippen molar-refractivity contribution in [3.8, 4) is 5.69 Å². The maximum atomic E-state index is 12.7. The van der Waals surface area contributed by atoms with E-state index in [0.717, 1.165) is 25.1 Å². The van der Waals surface area contributed by atoms with Crippen LogP contribution in [0.5, 0.6) is 0 Å². The standard InChI is InChI=1S/C16H21N5O/c1-12(17)13-4-2-8-20(11-13)16(22)15-10-14(5-7-18-15)21-9-3-6-19-21/h3,5-7,9-10,12-13H,2,4,8,11,17H2,1H3/t12-,13+/m0/s1. The smallest absolute Gasteiger partial charge is 0.272 e. The van der Waals surface area contributed by atoms with Gasteiger partial charge >= 0.3 is 0 Å². The number of likely N-dealkylation sites (tertiary alicyclic amines) is 1. The molecule has 6 nitrogen and oxygen atoms in total. The molecular formula is C16H21N5O. The molecule has 1 saturated heterocycles. The minimum Gasteiger partial charge on any atom is -0.337 e. The quantitative estimate of drug-likeness (QED) is 0.931. The highest BCUT2D eigenvalue weighted by Crippen LogP contribution is 2.20. The van der Waals surface area contributed by atoms with Gasteiger partial charge in [-0.3, -0.25) is 9.78 Å². The van der Waals surface area contributed by atoms with Crippen molar-refractivity contribution in [2.24, 2.45) is 11.7 Å². The van der Waals surface area contributed by atoms with Gasteiger partial charge in [-0.05, 0) is 43.9 Å². The summed E-state index contributed by atoms with van der Waals surface area (Å²) in [5.41, 5.74) is 7.29. The van der Waals surface area contributed by atoms with Gasteiger partial charge in [-0.25, -0.2) is 4.68 Å². The molecule has 2 aromatic heterocycles. The van der Waals surface area contributed by atoms with Crippen molar-refractivity contribution in [3.63, 3.8) is 0 Å². The van der Waals surface area contributed by atoms with Crippen molar-refractivity contribution >= 4 is 5.91 Å². The third-order valence-corrected chi connectivity index (χ3v) is 4.22. The third kappa shape index (κ3) is 3.01. The van der Waals surface area contributed by atoms with Gasteiger partial charge in [-0.2, -0.15) is 5.10 Å². The number of carbonyl (C=O) groups is 1. The second kappa shape index (κ2) is 6.27. The summed E-state index contributed by atoms with van der Waals surface area (Å²) in [6.07, 6.45) is 7.28. The van der Waals surface area contributed by atoms with Crippen LogP contribution in [-0.2, 0) is 0 Å². The van der Waals surface area contributed by atoms with Crippen molar-refractivity contribution in [3.05, 3.63) is 42.5 Å². The fourth-order valence-electron chi connectivity index (χ4n) is 2.89. The second-order valence-corrected chi connectivity index (χ2v) is 5.86. The average molecular weight is 299 g/mol. The molecule has 1 fully saturated rings. The predicted octanol–water partition coefficient (Wildman–Crippen LogP) is 1.47. The molecule has 2 atom stereocenters. The number of hydrogen-bond acceptors (Lipinski definition) is 4. The summed E-state index contributed by atoms with van der Waals surface area (Å²) >= 11 is 0. The maximum absolute atomic E-state index is 12.7. The number of rotatable bonds is 3. The van der Waals surface area contributed by atoms with Gasteiger partial charge in [0.1, 0.15) is 5.69 Å². The van der Waals surface area contributed by atoms with Crippen molar-refractivity contribution in [2.45, 2.75) is 25.8 Å². The van der Waals surface area contributed by atoms with Crippen LogP contribution in [0.15, 0.2) is 36.8 Å². The summed E-state index contributed by atoms with van der Waals surface area (Å²) < 4.78 is 1.72. The summed E-state index contributed by atoms with van der Waals surface area (Å²) in [6, 6.07) is 5.58. The summed E-state index contributed by atoms with van der Waals surface area (Å²) in [5.74, 6) is 0.339. The second-order valence-electron chi connectivity index (χ2n) is 5.86. The van der Waals surface area contributed by atoms with E-state index in [1.165, 1.54) is 0 Å². The lowest BCUT2D eigenvalue weighted by Gasteiger charge is -2.34. The molecule has 0 radical (unpaired) electrons. The largest absolute Gasteiger partial charge is 0.337 e. The van der Waals surface area contributed by atoms with Crippen LogP contribution in [0.2, 0.25) is 0 Å². The van der Waals surface area contributed by atoms with Gasteiger partial charge in [0.15, 0.2) is 0 Å². The minimum atomic E-state index is -0.0284. The van der Waals surface area contributed by atoms with Gasteiger partial charge in [0.2, 0.25) is 0 Å². The average Bonchev–Trinajstić information content (AvgIpc) is 3.09. The van der Waals surface area contributed by atoms with E-state index in [9.17, 15) is 4.79 Å². The molecule has 0 bridgehead atoms. The fraction of sp³-hybridized carbons (Fsp3) is 0.438. The molecule has 0 unspecified atom stereocenters. The van der Waals surface area contributed by atoms with Crippen LogP contribution >= 0.6 is 0 Å². The highest BCUT2D eigenvalue weighted by Gasteiger charge is 2.27. The Morgan fingerprint density at radius 3 is 3.05 bits per heavy atom. The molecule has 6 heteroatoms. The zero-order valence-electron chi connectivity index (χ0n) is 12.7. The van der Waals surface area contributed by atoms with Crippen molar-refractivity contribution in [2.75, 3.05) is 13.1 Å². The first-order valence-corrected chi connectivity index (χ1v) is 7.66. The fourth-order valence-corrected chi connectivity index (χ4v) is 2.89. The van der Waals surface area contributed by atoms with Crippen LogP contribution in [-0.4, -0.2) is 44.7 Å². The Labute approximate surface area is 129 Å². The molecule has 22 heavy (non-hydrogen) atoms. The van der Waals surface area contributed by atoms with E-state index in [4.69, 9.17) is 5.73 Å². The highest BCUT2D eigenvalue weighted by molar-refractivity contribution is 5.92. The van der Waals surface area contributed by atoms with Crippen LogP contribution < -0.4 is 5.73 Å². The Morgan fingerprint density at radius 1 is 1.45 bits per heavy atom. The lowest BCUT2D eigenvalue weighted by molar-refractivity contribution is 0.0655. The zero-order chi connectivity index (χ0) is 15.5. The SMILES string of the molecule is C[C@H](N)[C@@H]1CCCN(C(=O)c2cc(-n3cccn3)ccn2)C1. The molecule has 3 heterocycles. The summed E-state index contributed by atoms with van der Waals surface area (Å²) in [4.78, 5) is 18.8. The topological polar surface area (TPSA) is 77.0 Å². The Bertz CT molecular complexity index is 638. The molecule has 3 rings (SSSR count). The van der Waals surface area contributed by atoms with Crippen LogP contribution in [0.1, 0.15) is 30.3 Å². The highest BCUT2D eigenvalue weighted by atomic mass is 16.2. The van der Waals surface area contributed by atoms with Crippen LogP contribution in [0.3, 0.4) is 0 Å². The van der Waals surface area contributed by atoms with Crippen molar-refractivity contribution < 1.29 is 4.79 Å². The normalized spacial score (nSPS) is 19.9. The molecule has 0 saturated carbocycles. The van der Waals surface area contributed by atoms with E-state index in [1.807, 2.05) is 30.2 Å². The van der Waals surface area contributed by atoms with E-state index in [-0.39, 0.29) is 11.9 Å². The van der Waals surface area contributed by atoms with Gasteiger partial charge in [-0.15, -0.1) is 0 Å². The van der Waals surface area contributed by atoms with Crippen molar-refractivity contribution in [1.29, 1.82) is 0 Å². The molecular weight excluding hydrogens is 278 g/mol. The third-order valence-electron chi connectivity index (χ3n) is 4.22. The first-order valence-electron chi connectivity index (χ1n) is 7.66. The molecule has 1 amide bonds. The number of nitrogens with zero attached hydrogens (tertiary/aromatic N) is 4. The molecule has 1 aliphatic rings. The number of amides is 1. The molecule has 0 aromatic carbocycles. The Morgan fingerprint density at radius 2 is 2.32 bits per heavy atom. The first-order chi connectivity index (χ1) is 10.6. The Kier molecular flexibility index (Phi) is 4.20. The van der Waals surface area contributed by atoms with Gasteiger partial charge < -0.3 is 10.6 Å². The maximum Gasteiger partial charge on any atom is 0.272 e. The van der Waals surface area contributed by atoms with E-state index in [0.29, 0.717) is 18.2 Å². The van der Waals surface area contributed by atoms with E-state index in [2.05, 4.69) is 10.1 Å². The number of nitrogens with two attached hydrogens (primary N) is 1. The molecule has 2 N–H and O–H groups in total. The lowest BCUT2D eigenvalue weighted by Crippen LogP contribution is -2.45. The summed E-state index contributed by atoms with van der Waals surface area (Å²) in [7, 11) is 0. The monoisotopic (exact) mass is 299 g/mol. The van der Waals surface area contributed by atoms with Gasteiger partial charge in [-0.1, -0.05) is 0 Å². The van der Waals surface area contributed by atoms with E-state index >= 15 is 0 Å². The van der Waals surface area contributed by atoms with Crippen LogP contribution in [0.4, 0.5) is 0 Å². The van der Waals surface area contributed by atoms with Gasteiger partial charge in [0.25, 0.3) is 5.91 Å². The van der Waals surface area contributed by atoms with Crippen LogP contribution in [0.25, 0.3) is 5.69 Å². The molecule has 1 aliphatic heterocycles. The Hall–Kier alpha value is -2.21. The molecule has 2 aromatic rings. The summed E-state index contributed by atoms with van der Waals surface area (Å²) in [5, 5.41) is 4.18. The number of piperidine rings is 1. The zero-order valence-corrected chi connectivity index (χ0v) is 12.7. The molecule has 0 spiro atoms. The number of hydrogen-bond donors (Lipinski definition) is 1. The van der Waals surface area contributed by atoms with Gasteiger partial charge in [0.05, 0.1) is 5.69 Å².